The number of Topliss-reactive ketones (excluding diaryl/α,β-unsaturated/α-hetero) is 1. The van der Waals surface area contributed by atoms with Gasteiger partial charge in [0.2, 0.25) is 0 Å². The van der Waals surface area contributed by atoms with Gasteiger partial charge in [-0.05, 0) is 35.4 Å². The molecule has 0 unspecified atom stereocenters. The summed E-state index contributed by atoms with van der Waals surface area (Å²) in [5.41, 5.74) is 1.62. The molecule has 2 aromatic carbocycles. The van der Waals surface area contributed by atoms with Crippen molar-refractivity contribution in [3.8, 4) is 0 Å². The maximum atomic E-state index is 12.7. The first-order valence-electron chi connectivity index (χ1n) is 5.74. The average molecular weight is 297 g/mol. The summed E-state index contributed by atoms with van der Waals surface area (Å²) in [6.45, 7) is 0. The summed E-state index contributed by atoms with van der Waals surface area (Å²) in [6.07, 6.45) is 0.564. The third-order valence-corrected chi connectivity index (χ3v) is 3.44. The molecular formula is C15H11Cl2FO. The van der Waals surface area contributed by atoms with Gasteiger partial charge in [0.05, 0.1) is 10.0 Å². The molecule has 98 valence electrons. The molecular weight excluding hydrogens is 286 g/mol. The van der Waals surface area contributed by atoms with E-state index in [2.05, 4.69) is 0 Å². The normalized spacial score (nSPS) is 10.5. The van der Waals surface area contributed by atoms with Crippen molar-refractivity contribution in [3.63, 3.8) is 0 Å². The van der Waals surface area contributed by atoms with Gasteiger partial charge in [-0.15, -0.1) is 0 Å². The number of hydrogen-bond acceptors (Lipinski definition) is 1. The number of benzene rings is 2. The molecule has 0 saturated carbocycles. The molecule has 0 amide bonds. The predicted octanol–water partition coefficient (Wildman–Crippen LogP) is 4.49. The fraction of sp³-hybridized carbons (Fsp3) is 0.133. The molecule has 1 nitrogen and oxygen atoms in total. The molecule has 2 rings (SSSR count). The summed E-state index contributed by atoms with van der Waals surface area (Å²) in [5, 5.41) is 0.908. The van der Waals surface area contributed by atoms with Crippen LogP contribution in [0.25, 0.3) is 0 Å². The molecule has 0 fully saturated rings. The molecule has 0 aliphatic heterocycles. The van der Waals surface area contributed by atoms with Gasteiger partial charge >= 0.3 is 0 Å². The van der Waals surface area contributed by atoms with E-state index in [4.69, 9.17) is 23.2 Å². The summed E-state index contributed by atoms with van der Waals surface area (Å²) in [6, 6.07) is 11.1. The number of carbonyl (C=O) groups is 1. The molecule has 19 heavy (non-hydrogen) atoms. The molecule has 4 heteroatoms. The number of rotatable bonds is 4. The second-order valence-electron chi connectivity index (χ2n) is 4.27. The van der Waals surface area contributed by atoms with Gasteiger partial charge in [0.25, 0.3) is 0 Å². The number of halogens is 3. The van der Waals surface area contributed by atoms with Crippen molar-refractivity contribution in [1.82, 2.24) is 0 Å². The van der Waals surface area contributed by atoms with Crippen molar-refractivity contribution < 1.29 is 9.18 Å². The molecule has 0 spiro atoms. The summed E-state index contributed by atoms with van der Waals surface area (Å²) in [4.78, 5) is 11.9. The zero-order chi connectivity index (χ0) is 13.8. The predicted molar refractivity (Wildman–Crippen MR) is 75.3 cm³/mol. The van der Waals surface area contributed by atoms with Crippen LogP contribution in [0.4, 0.5) is 4.39 Å². The molecule has 0 bridgehead atoms. The van der Waals surface area contributed by atoms with Crippen molar-refractivity contribution in [2.45, 2.75) is 12.8 Å². The standard InChI is InChI=1S/C15H11Cl2FO/c16-14-6-3-11(9-15(14)17)8-13(19)7-10-1-4-12(18)5-2-10/h1-6,9H,7-8H2. The summed E-state index contributed by atoms with van der Waals surface area (Å²) in [5.74, 6) is -0.259. The van der Waals surface area contributed by atoms with Crippen LogP contribution in [0.15, 0.2) is 42.5 Å². The quantitative estimate of drug-likeness (QED) is 0.812. The van der Waals surface area contributed by atoms with Crippen molar-refractivity contribution in [2.24, 2.45) is 0 Å². The molecule has 0 aliphatic carbocycles. The van der Waals surface area contributed by atoms with Gasteiger partial charge in [-0.2, -0.15) is 0 Å². The first-order chi connectivity index (χ1) is 9.04. The summed E-state index contributed by atoms with van der Waals surface area (Å²) >= 11 is 11.7. The van der Waals surface area contributed by atoms with Crippen molar-refractivity contribution in [1.29, 1.82) is 0 Å². The van der Waals surface area contributed by atoms with Gasteiger partial charge in [-0.1, -0.05) is 41.4 Å². The zero-order valence-electron chi connectivity index (χ0n) is 10.00. The zero-order valence-corrected chi connectivity index (χ0v) is 11.5. The Labute approximate surface area is 121 Å². The second kappa shape index (κ2) is 6.18. The van der Waals surface area contributed by atoms with Gasteiger partial charge in [0.1, 0.15) is 11.6 Å². The molecule has 0 atom stereocenters. The Morgan fingerprint density at radius 2 is 1.47 bits per heavy atom. The van der Waals surface area contributed by atoms with Crippen LogP contribution in [0.1, 0.15) is 11.1 Å². The van der Waals surface area contributed by atoms with Crippen LogP contribution < -0.4 is 0 Å². The monoisotopic (exact) mass is 296 g/mol. The number of hydrogen-bond donors (Lipinski definition) is 0. The van der Waals surface area contributed by atoms with Crippen LogP contribution in [0, 0.1) is 5.82 Å². The Kier molecular flexibility index (Phi) is 4.56. The van der Waals surface area contributed by atoms with E-state index in [0.29, 0.717) is 10.0 Å². The average Bonchev–Trinajstić information content (AvgIpc) is 2.37. The molecule has 0 saturated heterocycles. The van der Waals surface area contributed by atoms with E-state index in [1.165, 1.54) is 12.1 Å². The van der Waals surface area contributed by atoms with E-state index in [-0.39, 0.29) is 24.4 Å². The highest BCUT2D eigenvalue weighted by atomic mass is 35.5. The molecule has 2 aromatic rings. The largest absolute Gasteiger partial charge is 0.299 e. The Morgan fingerprint density at radius 3 is 2.11 bits per heavy atom. The Hall–Kier alpha value is -1.38. The van der Waals surface area contributed by atoms with Crippen molar-refractivity contribution >= 4 is 29.0 Å². The van der Waals surface area contributed by atoms with E-state index in [1.54, 1.807) is 30.3 Å². The van der Waals surface area contributed by atoms with Gasteiger partial charge < -0.3 is 0 Å². The highest BCUT2D eigenvalue weighted by Gasteiger charge is 2.07. The van der Waals surface area contributed by atoms with Crippen LogP contribution >= 0.6 is 23.2 Å². The minimum absolute atomic E-state index is 0.0463. The van der Waals surface area contributed by atoms with E-state index in [1.807, 2.05) is 0 Å². The summed E-state index contributed by atoms with van der Waals surface area (Å²) < 4.78 is 12.7. The second-order valence-corrected chi connectivity index (χ2v) is 5.08. The lowest BCUT2D eigenvalue weighted by Gasteiger charge is -2.03. The maximum Gasteiger partial charge on any atom is 0.141 e. The smallest absolute Gasteiger partial charge is 0.141 e. The van der Waals surface area contributed by atoms with Crippen LogP contribution in [0.5, 0.6) is 0 Å². The van der Waals surface area contributed by atoms with E-state index in [9.17, 15) is 9.18 Å². The molecule has 0 radical (unpaired) electrons. The SMILES string of the molecule is O=C(Cc1ccc(F)cc1)Cc1ccc(Cl)c(Cl)c1. The van der Waals surface area contributed by atoms with E-state index < -0.39 is 0 Å². The minimum Gasteiger partial charge on any atom is -0.299 e. The Balaban J connectivity index is 2.01. The minimum atomic E-state index is -0.305. The number of ketones is 1. The topological polar surface area (TPSA) is 17.1 Å². The van der Waals surface area contributed by atoms with Gasteiger partial charge in [0.15, 0.2) is 0 Å². The molecule has 0 N–H and O–H groups in total. The number of carbonyl (C=O) groups excluding carboxylic acids is 1. The maximum absolute atomic E-state index is 12.7. The van der Waals surface area contributed by atoms with Crippen molar-refractivity contribution in [3.05, 3.63) is 69.5 Å². The molecule has 0 aliphatic rings. The van der Waals surface area contributed by atoms with Gasteiger partial charge in [-0.25, -0.2) is 4.39 Å². The highest BCUT2D eigenvalue weighted by Crippen LogP contribution is 2.23. The highest BCUT2D eigenvalue weighted by molar-refractivity contribution is 6.42. The van der Waals surface area contributed by atoms with Crippen LogP contribution in [0.3, 0.4) is 0 Å². The Bertz CT molecular complexity index is 594. The first kappa shape index (κ1) is 14.0. The summed E-state index contributed by atoms with van der Waals surface area (Å²) in [7, 11) is 0. The van der Waals surface area contributed by atoms with E-state index >= 15 is 0 Å². The molecule has 0 aromatic heterocycles. The molecule has 0 heterocycles. The van der Waals surface area contributed by atoms with Gasteiger partial charge in [0, 0.05) is 12.8 Å². The third kappa shape index (κ3) is 4.05. The lowest BCUT2D eigenvalue weighted by molar-refractivity contribution is -0.117. The fourth-order valence-corrected chi connectivity index (χ4v) is 2.09. The van der Waals surface area contributed by atoms with E-state index in [0.717, 1.165) is 11.1 Å². The third-order valence-electron chi connectivity index (χ3n) is 2.70. The van der Waals surface area contributed by atoms with Crippen molar-refractivity contribution in [2.75, 3.05) is 0 Å². The lowest BCUT2D eigenvalue weighted by atomic mass is 10.0. The van der Waals surface area contributed by atoms with Crippen LogP contribution in [-0.4, -0.2) is 5.78 Å². The fourth-order valence-electron chi connectivity index (χ4n) is 1.77. The van der Waals surface area contributed by atoms with Gasteiger partial charge in [-0.3, -0.25) is 4.79 Å². The lowest BCUT2D eigenvalue weighted by Crippen LogP contribution is -2.06. The van der Waals surface area contributed by atoms with Crippen LogP contribution in [0.2, 0.25) is 10.0 Å². The van der Waals surface area contributed by atoms with Crippen LogP contribution in [-0.2, 0) is 17.6 Å². The first-order valence-corrected chi connectivity index (χ1v) is 6.50. The Morgan fingerprint density at radius 1 is 0.895 bits per heavy atom.